The molecule has 0 spiro atoms. The van der Waals surface area contributed by atoms with E-state index < -0.39 is 5.54 Å². The molecule has 1 aromatic heterocycles. The fourth-order valence-corrected chi connectivity index (χ4v) is 2.28. The van der Waals surface area contributed by atoms with Crippen LogP contribution in [0.15, 0.2) is 0 Å². The fourth-order valence-electron chi connectivity index (χ4n) is 1.35. The number of anilines is 1. The number of hydrogen-bond acceptors (Lipinski definition) is 5. The zero-order valence-electron chi connectivity index (χ0n) is 11.0. The molecule has 0 unspecified atom stereocenters. The normalized spacial score (nSPS) is 12.5. The van der Waals surface area contributed by atoms with Gasteiger partial charge in [0.05, 0.1) is 0 Å². The quantitative estimate of drug-likeness (QED) is 0.862. The number of aromatic nitrogens is 2. The Bertz CT molecular complexity index is 406. The lowest BCUT2D eigenvalue weighted by Gasteiger charge is -2.23. The van der Waals surface area contributed by atoms with E-state index in [2.05, 4.69) is 35.4 Å². The van der Waals surface area contributed by atoms with Crippen molar-refractivity contribution in [2.24, 2.45) is 5.73 Å². The van der Waals surface area contributed by atoms with Gasteiger partial charge in [0.15, 0.2) is 0 Å². The third kappa shape index (κ3) is 4.30. The monoisotopic (exact) mass is 256 g/mol. The summed E-state index contributed by atoms with van der Waals surface area (Å²) in [6.45, 7) is 10.0. The molecule has 96 valence electrons. The second-order valence-corrected chi connectivity index (χ2v) is 6.58. The summed E-state index contributed by atoms with van der Waals surface area (Å²) >= 11 is 1.31. The third-order valence-electron chi connectivity index (χ3n) is 2.16. The summed E-state index contributed by atoms with van der Waals surface area (Å²) in [7, 11) is 0. The molecule has 5 nitrogen and oxygen atoms in total. The number of nitrogens with one attached hydrogen (secondary N) is 1. The Morgan fingerprint density at radius 2 is 1.94 bits per heavy atom. The van der Waals surface area contributed by atoms with Crippen LogP contribution in [-0.4, -0.2) is 20.8 Å². The van der Waals surface area contributed by atoms with Crippen LogP contribution in [0.4, 0.5) is 5.13 Å². The topological polar surface area (TPSA) is 80.9 Å². The van der Waals surface area contributed by atoms with Gasteiger partial charge in [0, 0.05) is 28.9 Å². The van der Waals surface area contributed by atoms with Gasteiger partial charge in [0.2, 0.25) is 11.0 Å². The number of carbonyl (C=O) groups is 1. The molecule has 0 atom stereocenters. The van der Waals surface area contributed by atoms with Crippen molar-refractivity contribution in [3.63, 3.8) is 0 Å². The van der Waals surface area contributed by atoms with Gasteiger partial charge in [-0.05, 0) is 13.8 Å². The van der Waals surface area contributed by atoms with Crippen molar-refractivity contribution in [2.45, 2.75) is 52.0 Å². The molecule has 17 heavy (non-hydrogen) atoms. The van der Waals surface area contributed by atoms with E-state index in [-0.39, 0.29) is 17.7 Å². The van der Waals surface area contributed by atoms with Crippen LogP contribution in [0.5, 0.6) is 0 Å². The van der Waals surface area contributed by atoms with Crippen molar-refractivity contribution < 1.29 is 4.79 Å². The van der Waals surface area contributed by atoms with E-state index in [9.17, 15) is 4.79 Å². The number of hydrogen-bond donors (Lipinski definition) is 2. The Kier molecular flexibility index (Phi) is 3.76. The summed E-state index contributed by atoms with van der Waals surface area (Å²) in [4.78, 5) is 15.3. The number of nitrogens with two attached hydrogens (primary N) is 1. The Morgan fingerprint density at radius 1 is 1.35 bits per heavy atom. The Labute approximate surface area is 106 Å². The summed E-state index contributed by atoms with van der Waals surface area (Å²) in [6.07, 6.45) is 0.261. The van der Waals surface area contributed by atoms with Gasteiger partial charge in [-0.1, -0.05) is 20.8 Å². The van der Waals surface area contributed by atoms with Gasteiger partial charge in [-0.3, -0.25) is 4.79 Å². The van der Waals surface area contributed by atoms with Crippen LogP contribution in [0.25, 0.3) is 0 Å². The number of amides is 1. The van der Waals surface area contributed by atoms with Crippen molar-refractivity contribution in [2.75, 3.05) is 5.32 Å². The number of primary amides is 1. The lowest BCUT2D eigenvalue weighted by molar-refractivity contribution is -0.118. The van der Waals surface area contributed by atoms with Crippen LogP contribution < -0.4 is 11.1 Å². The first-order valence-corrected chi connectivity index (χ1v) is 6.28. The summed E-state index contributed by atoms with van der Waals surface area (Å²) in [6, 6.07) is 0. The molecule has 0 fully saturated rings. The molecular weight excluding hydrogens is 236 g/mol. The highest BCUT2D eigenvalue weighted by Gasteiger charge is 2.24. The number of rotatable bonds is 4. The van der Waals surface area contributed by atoms with Gasteiger partial charge in [-0.25, -0.2) is 4.98 Å². The molecule has 1 aromatic rings. The number of nitrogens with zero attached hydrogens (tertiary/aromatic N) is 2. The third-order valence-corrected chi connectivity index (χ3v) is 2.79. The van der Waals surface area contributed by atoms with Gasteiger partial charge in [-0.2, -0.15) is 4.37 Å². The average Bonchev–Trinajstić information content (AvgIpc) is 2.47. The molecule has 0 aliphatic rings. The molecule has 1 amide bonds. The molecule has 0 aliphatic carbocycles. The van der Waals surface area contributed by atoms with Gasteiger partial charge in [0.1, 0.15) is 5.82 Å². The van der Waals surface area contributed by atoms with Gasteiger partial charge in [-0.15, -0.1) is 0 Å². The van der Waals surface area contributed by atoms with Gasteiger partial charge < -0.3 is 11.1 Å². The lowest BCUT2D eigenvalue weighted by Crippen LogP contribution is -2.36. The van der Waals surface area contributed by atoms with E-state index in [0.717, 1.165) is 11.0 Å². The van der Waals surface area contributed by atoms with Crippen molar-refractivity contribution in [3.05, 3.63) is 5.82 Å². The molecule has 6 heteroatoms. The highest BCUT2D eigenvalue weighted by molar-refractivity contribution is 7.09. The van der Waals surface area contributed by atoms with E-state index in [1.54, 1.807) is 0 Å². The number of carbonyl (C=O) groups excluding carboxylic acids is 1. The zero-order chi connectivity index (χ0) is 13.3. The molecule has 1 heterocycles. The van der Waals surface area contributed by atoms with Crippen LogP contribution in [0.3, 0.4) is 0 Å². The maximum atomic E-state index is 10.9. The molecule has 0 bridgehead atoms. The van der Waals surface area contributed by atoms with Gasteiger partial charge >= 0.3 is 0 Å². The summed E-state index contributed by atoms with van der Waals surface area (Å²) in [5.74, 6) is 0.475. The van der Waals surface area contributed by atoms with Crippen molar-refractivity contribution in [1.29, 1.82) is 0 Å². The van der Waals surface area contributed by atoms with Crippen LogP contribution in [0.1, 0.15) is 46.9 Å². The highest BCUT2D eigenvalue weighted by atomic mass is 32.1. The van der Waals surface area contributed by atoms with Crippen molar-refractivity contribution in [1.82, 2.24) is 9.36 Å². The van der Waals surface area contributed by atoms with E-state index in [1.165, 1.54) is 11.5 Å². The molecule has 0 radical (unpaired) electrons. The summed E-state index contributed by atoms with van der Waals surface area (Å²) in [5.41, 5.74) is 4.73. The van der Waals surface area contributed by atoms with Crippen LogP contribution in [-0.2, 0) is 10.2 Å². The van der Waals surface area contributed by atoms with Crippen molar-refractivity contribution in [3.8, 4) is 0 Å². The summed E-state index contributed by atoms with van der Waals surface area (Å²) in [5, 5.41) is 3.91. The summed E-state index contributed by atoms with van der Waals surface area (Å²) < 4.78 is 4.30. The highest BCUT2D eigenvalue weighted by Crippen LogP contribution is 2.25. The second kappa shape index (κ2) is 4.60. The van der Waals surface area contributed by atoms with E-state index in [0.29, 0.717) is 0 Å². The molecule has 0 aliphatic heterocycles. The van der Waals surface area contributed by atoms with Gasteiger partial charge in [0.25, 0.3) is 0 Å². The zero-order valence-corrected chi connectivity index (χ0v) is 11.8. The predicted molar refractivity (Wildman–Crippen MR) is 70.1 cm³/mol. The van der Waals surface area contributed by atoms with E-state index >= 15 is 0 Å². The van der Waals surface area contributed by atoms with Crippen LogP contribution in [0.2, 0.25) is 0 Å². The minimum atomic E-state index is -0.402. The lowest BCUT2D eigenvalue weighted by atomic mass is 9.96. The first-order chi connectivity index (χ1) is 7.60. The molecular formula is C11H20N4OS. The Balaban J connectivity index is 2.76. The Morgan fingerprint density at radius 3 is 2.35 bits per heavy atom. The van der Waals surface area contributed by atoms with Crippen LogP contribution >= 0.6 is 11.5 Å². The van der Waals surface area contributed by atoms with Crippen LogP contribution in [0, 0.1) is 0 Å². The largest absolute Gasteiger partial charge is 0.370 e. The second-order valence-electron chi connectivity index (χ2n) is 5.83. The molecule has 0 saturated heterocycles. The molecule has 1 rings (SSSR count). The average molecular weight is 256 g/mol. The maximum Gasteiger partial charge on any atom is 0.219 e. The smallest absolute Gasteiger partial charge is 0.219 e. The fraction of sp³-hybridized carbons (Fsp3) is 0.727. The van der Waals surface area contributed by atoms with E-state index in [1.807, 2.05) is 13.8 Å². The molecule has 3 N–H and O–H groups in total. The first-order valence-electron chi connectivity index (χ1n) is 5.51. The maximum absolute atomic E-state index is 10.9. The molecule has 0 saturated carbocycles. The minimum absolute atomic E-state index is 0.0652. The predicted octanol–water partition coefficient (Wildman–Crippen LogP) is 1.90. The standard InChI is InChI=1S/C11H20N4OS/c1-10(2,3)8-13-9(17-15-8)14-11(4,5)6-7(12)16/h6H2,1-5H3,(H2,12,16)(H,13,14,15). The Hall–Kier alpha value is -1.17. The molecule has 0 aromatic carbocycles. The van der Waals surface area contributed by atoms with Crippen molar-refractivity contribution >= 4 is 22.6 Å². The first kappa shape index (κ1) is 13.9. The SMILES string of the molecule is CC(C)(CC(N)=O)Nc1nc(C(C)(C)C)ns1. The minimum Gasteiger partial charge on any atom is -0.370 e. The van der Waals surface area contributed by atoms with E-state index in [4.69, 9.17) is 5.73 Å².